The summed E-state index contributed by atoms with van der Waals surface area (Å²) in [6.45, 7) is 1.93. The van der Waals surface area contributed by atoms with Crippen LogP contribution >= 0.6 is 0 Å². The number of anilines is 1. The number of hydrogen-bond acceptors (Lipinski definition) is 3. The third-order valence-corrected chi connectivity index (χ3v) is 3.88. The van der Waals surface area contributed by atoms with Gasteiger partial charge >= 0.3 is 5.97 Å². The second kappa shape index (κ2) is 6.02. The van der Waals surface area contributed by atoms with Crippen LogP contribution in [0, 0.1) is 12.8 Å². The van der Waals surface area contributed by atoms with Crippen LogP contribution in [0.5, 0.6) is 0 Å². The molecular weight excluding hydrogens is 278 g/mol. The zero-order chi connectivity index (χ0) is 15.5. The predicted molar refractivity (Wildman–Crippen MR) is 83.2 cm³/mol. The summed E-state index contributed by atoms with van der Waals surface area (Å²) in [6, 6.07) is 16.9. The van der Waals surface area contributed by atoms with Crippen LogP contribution in [-0.2, 0) is 14.3 Å². The van der Waals surface area contributed by atoms with Crippen LogP contribution in [0.15, 0.2) is 54.6 Å². The van der Waals surface area contributed by atoms with E-state index >= 15 is 0 Å². The summed E-state index contributed by atoms with van der Waals surface area (Å²) in [7, 11) is 0. The Morgan fingerprint density at radius 2 is 1.77 bits per heavy atom. The van der Waals surface area contributed by atoms with Crippen molar-refractivity contribution in [2.75, 3.05) is 5.32 Å². The monoisotopic (exact) mass is 295 g/mol. The lowest BCUT2D eigenvalue weighted by atomic mass is 9.94. The van der Waals surface area contributed by atoms with Gasteiger partial charge < -0.3 is 10.1 Å². The van der Waals surface area contributed by atoms with E-state index < -0.39 is 12.0 Å². The summed E-state index contributed by atoms with van der Waals surface area (Å²) >= 11 is 0. The number of cyclic esters (lactones) is 1. The van der Waals surface area contributed by atoms with Gasteiger partial charge in [0.15, 0.2) is 0 Å². The van der Waals surface area contributed by atoms with Gasteiger partial charge in [-0.1, -0.05) is 48.5 Å². The summed E-state index contributed by atoms with van der Waals surface area (Å²) in [4.78, 5) is 24.2. The minimum atomic E-state index is -0.516. The Balaban J connectivity index is 1.81. The van der Waals surface area contributed by atoms with Crippen molar-refractivity contribution in [1.29, 1.82) is 0 Å². The Hall–Kier alpha value is -2.62. The highest BCUT2D eigenvalue weighted by atomic mass is 16.6. The summed E-state index contributed by atoms with van der Waals surface area (Å²) in [6.07, 6.45) is -0.408. The van der Waals surface area contributed by atoms with Crippen LogP contribution in [0.1, 0.15) is 23.7 Å². The lowest BCUT2D eigenvalue weighted by Crippen LogP contribution is -2.25. The number of nitrogens with one attached hydrogen (secondary N) is 1. The lowest BCUT2D eigenvalue weighted by Gasteiger charge is -2.18. The maximum atomic E-state index is 12.6. The normalized spacial score (nSPS) is 20.5. The Bertz CT molecular complexity index is 696. The molecule has 2 atom stereocenters. The van der Waals surface area contributed by atoms with E-state index in [4.69, 9.17) is 4.74 Å². The first-order valence-corrected chi connectivity index (χ1v) is 7.26. The van der Waals surface area contributed by atoms with Crippen molar-refractivity contribution < 1.29 is 14.3 Å². The first kappa shape index (κ1) is 14.3. The van der Waals surface area contributed by atoms with Crippen LogP contribution in [0.3, 0.4) is 0 Å². The van der Waals surface area contributed by atoms with Gasteiger partial charge in [0.2, 0.25) is 5.91 Å². The summed E-state index contributed by atoms with van der Waals surface area (Å²) in [5, 5.41) is 2.90. The Kier molecular flexibility index (Phi) is 3.92. The predicted octanol–water partition coefficient (Wildman–Crippen LogP) is 3.24. The molecule has 0 saturated carbocycles. The van der Waals surface area contributed by atoms with Crippen LogP contribution in [0.4, 0.5) is 5.69 Å². The average Bonchev–Trinajstić information content (AvgIpc) is 2.92. The maximum absolute atomic E-state index is 12.6. The molecule has 22 heavy (non-hydrogen) atoms. The molecule has 4 heteroatoms. The SMILES string of the molecule is Cc1ccccc1NC(=O)[C@@H]1CC(=O)O[C@H]1c1ccccc1. The number of aryl methyl sites for hydroxylation is 1. The van der Waals surface area contributed by atoms with Crippen LogP contribution in [0.25, 0.3) is 0 Å². The number of carbonyl (C=O) groups is 2. The smallest absolute Gasteiger partial charge is 0.307 e. The molecule has 0 unspecified atom stereocenters. The van der Waals surface area contributed by atoms with Crippen LogP contribution in [0.2, 0.25) is 0 Å². The van der Waals surface area contributed by atoms with Crippen molar-refractivity contribution in [2.45, 2.75) is 19.4 Å². The highest BCUT2D eigenvalue weighted by Crippen LogP contribution is 2.36. The standard InChI is InChI=1S/C18H17NO3/c1-12-7-5-6-10-15(12)19-18(21)14-11-16(20)22-17(14)13-8-3-2-4-9-13/h2-10,14,17H,11H2,1H3,(H,19,21)/t14-,17+/m1/s1. The molecule has 1 fully saturated rings. The second-order valence-electron chi connectivity index (χ2n) is 5.44. The molecular formula is C18H17NO3. The fourth-order valence-corrected chi connectivity index (χ4v) is 2.67. The van der Waals surface area contributed by atoms with Gasteiger partial charge in [0.1, 0.15) is 6.10 Å². The minimum absolute atomic E-state index is 0.108. The highest BCUT2D eigenvalue weighted by Gasteiger charge is 2.40. The van der Waals surface area contributed by atoms with Crippen molar-refractivity contribution in [2.24, 2.45) is 5.92 Å². The molecule has 2 aromatic rings. The van der Waals surface area contributed by atoms with Crippen LogP contribution in [-0.4, -0.2) is 11.9 Å². The van der Waals surface area contributed by atoms with E-state index in [0.717, 1.165) is 16.8 Å². The molecule has 1 N–H and O–H groups in total. The van der Waals surface area contributed by atoms with Crippen molar-refractivity contribution in [1.82, 2.24) is 0 Å². The number of para-hydroxylation sites is 1. The van der Waals surface area contributed by atoms with E-state index in [0.29, 0.717) is 0 Å². The minimum Gasteiger partial charge on any atom is -0.457 e. The zero-order valence-corrected chi connectivity index (χ0v) is 12.3. The van der Waals surface area contributed by atoms with Crippen molar-refractivity contribution in [3.05, 3.63) is 65.7 Å². The van der Waals surface area contributed by atoms with Gasteiger partial charge in [0, 0.05) is 5.69 Å². The van der Waals surface area contributed by atoms with Gasteiger partial charge in [-0.05, 0) is 24.1 Å². The third kappa shape index (κ3) is 2.86. The molecule has 2 aromatic carbocycles. The lowest BCUT2D eigenvalue weighted by molar-refractivity contribution is -0.141. The van der Waals surface area contributed by atoms with Crippen molar-refractivity contribution in [3.8, 4) is 0 Å². The molecule has 112 valence electrons. The van der Waals surface area contributed by atoms with Gasteiger partial charge in [-0.15, -0.1) is 0 Å². The quantitative estimate of drug-likeness (QED) is 0.884. The first-order valence-electron chi connectivity index (χ1n) is 7.26. The second-order valence-corrected chi connectivity index (χ2v) is 5.44. The number of esters is 1. The van der Waals surface area contributed by atoms with E-state index in [1.807, 2.05) is 61.5 Å². The molecule has 0 aliphatic carbocycles. The Morgan fingerprint density at radius 1 is 1.09 bits per heavy atom. The largest absolute Gasteiger partial charge is 0.457 e. The summed E-state index contributed by atoms with van der Waals surface area (Å²) in [5.41, 5.74) is 2.59. The molecule has 1 aliphatic rings. The number of ether oxygens (including phenoxy) is 1. The van der Waals surface area contributed by atoms with Gasteiger partial charge in [-0.3, -0.25) is 9.59 Å². The number of carbonyl (C=O) groups excluding carboxylic acids is 2. The van der Waals surface area contributed by atoms with E-state index in [9.17, 15) is 9.59 Å². The van der Waals surface area contributed by atoms with Gasteiger partial charge in [0.25, 0.3) is 0 Å². The van der Waals surface area contributed by atoms with E-state index in [1.165, 1.54) is 0 Å². The topological polar surface area (TPSA) is 55.4 Å². The van der Waals surface area contributed by atoms with E-state index in [2.05, 4.69) is 5.32 Å². The van der Waals surface area contributed by atoms with Crippen molar-refractivity contribution >= 4 is 17.6 Å². The Morgan fingerprint density at radius 3 is 2.50 bits per heavy atom. The molecule has 0 spiro atoms. The summed E-state index contributed by atoms with van der Waals surface area (Å²) < 4.78 is 5.35. The highest BCUT2D eigenvalue weighted by molar-refractivity contribution is 5.96. The van der Waals surface area contributed by atoms with Crippen molar-refractivity contribution in [3.63, 3.8) is 0 Å². The molecule has 0 bridgehead atoms. The van der Waals surface area contributed by atoms with E-state index in [-0.39, 0.29) is 18.3 Å². The van der Waals surface area contributed by atoms with Gasteiger partial charge in [0.05, 0.1) is 12.3 Å². The zero-order valence-electron chi connectivity index (χ0n) is 12.3. The maximum Gasteiger partial charge on any atom is 0.307 e. The molecule has 1 amide bonds. The fourth-order valence-electron chi connectivity index (χ4n) is 2.67. The Labute approximate surface area is 129 Å². The number of benzene rings is 2. The van der Waals surface area contributed by atoms with Gasteiger partial charge in [-0.25, -0.2) is 0 Å². The first-order chi connectivity index (χ1) is 10.6. The third-order valence-electron chi connectivity index (χ3n) is 3.88. The fraction of sp³-hybridized carbons (Fsp3) is 0.222. The van der Waals surface area contributed by atoms with Crippen LogP contribution < -0.4 is 5.32 Å². The number of amides is 1. The molecule has 4 nitrogen and oxygen atoms in total. The average molecular weight is 295 g/mol. The molecule has 1 heterocycles. The summed E-state index contributed by atoms with van der Waals surface area (Å²) in [5.74, 6) is -1.03. The molecule has 3 rings (SSSR count). The molecule has 1 aliphatic heterocycles. The van der Waals surface area contributed by atoms with Gasteiger partial charge in [-0.2, -0.15) is 0 Å². The molecule has 1 saturated heterocycles. The van der Waals surface area contributed by atoms with E-state index in [1.54, 1.807) is 0 Å². The molecule has 0 aromatic heterocycles. The number of rotatable bonds is 3. The number of hydrogen-bond donors (Lipinski definition) is 1. The molecule has 0 radical (unpaired) electrons.